The van der Waals surface area contributed by atoms with E-state index < -0.39 is 10.0 Å². The first-order valence-electron chi connectivity index (χ1n) is 10.4. The largest absolute Gasteiger partial charge is 0.241 e. The summed E-state index contributed by atoms with van der Waals surface area (Å²) in [6.45, 7) is 4.21. The van der Waals surface area contributed by atoms with Crippen molar-refractivity contribution in [1.82, 2.24) is 0 Å². The second-order valence-corrected chi connectivity index (χ2v) is 10.3. The van der Waals surface area contributed by atoms with Crippen LogP contribution in [-0.4, -0.2) is 5.04 Å². The third kappa shape index (κ3) is 3.17. The topological polar surface area (TPSA) is 12.4 Å². The van der Waals surface area contributed by atoms with Crippen molar-refractivity contribution in [2.24, 2.45) is 4.99 Å². The third-order valence-corrected chi connectivity index (χ3v) is 9.39. The van der Waals surface area contributed by atoms with Gasteiger partial charge < -0.3 is 0 Å². The molecule has 0 aliphatic carbocycles. The predicted molar refractivity (Wildman–Crippen MR) is 134 cm³/mol. The van der Waals surface area contributed by atoms with Crippen molar-refractivity contribution in [3.05, 3.63) is 145 Å². The molecule has 0 N–H and O–H groups in total. The van der Waals surface area contributed by atoms with Crippen molar-refractivity contribution in [2.45, 2.75) is 9.79 Å². The van der Waals surface area contributed by atoms with Crippen LogP contribution in [0.15, 0.2) is 149 Å². The number of rotatable bonds is 5. The maximum absolute atomic E-state index is 5.26. The van der Waals surface area contributed by atoms with E-state index in [2.05, 4.69) is 122 Å². The van der Waals surface area contributed by atoms with Crippen LogP contribution in [0.1, 0.15) is 11.1 Å². The molecule has 4 aromatic carbocycles. The summed E-state index contributed by atoms with van der Waals surface area (Å²) in [5.41, 5.74) is 3.36. The second-order valence-electron chi connectivity index (χ2n) is 7.30. The van der Waals surface area contributed by atoms with Crippen LogP contribution in [0.2, 0.25) is 0 Å². The van der Waals surface area contributed by atoms with E-state index in [-0.39, 0.29) is 0 Å². The van der Waals surface area contributed by atoms with Gasteiger partial charge in [-0.15, -0.1) is 10.0 Å². The molecule has 5 rings (SSSR count). The van der Waals surface area contributed by atoms with Crippen molar-refractivity contribution in [1.29, 1.82) is 0 Å². The Morgan fingerprint density at radius 3 is 1.42 bits per heavy atom. The molecular weight excluding hydrogens is 394 g/mol. The molecule has 31 heavy (non-hydrogen) atoms. The molecule has 150 valence electrons. The molecule has 0 bridgehead atoms. The van der Waals surface area contributed by atoms with Gasteiger partial charge >= 0.3 is 0 Å². The maximum Gasteiger partial charge on any atom is 0.0914 e. The Morgan fingerprint density at radius 2 is 0.968 bits per heavy atom. The van der Waals surface area contributed by atoms with Gasteiger partial charge in [-0.25, -0.2) is 4.99 Å². The maximum atomic E-state index is 5.26. The van der Waals surface area contributed by atoms with Gasteiger partial charge in [0.1, 0.15) is 0 Å². The number of hydrogen-bond donors (Lipinski definition) is 0. The standard InChI is InChI=1S/C29H23NS/c1-2-27-30-28(23-15-7-3-8-16-23)29(24-17-9-4-10-18-24)31(27,25-19-11-5-12-20-25)26-21-13-6-14-22-26/h2-22H,1H2. The highest BCUT2D eigenvalue weighted by atomic mass is 32.3. The van der Waals surface area contributed by atoms with Gasteiger partial charge in [-0.1, -0.05) is 104 Å². The molecule has 0 amide bonds. The summed E-state index contributed by atoms with van der Waals surface area (Å²) >= 11 is 0. The van der Waals surface area contributed by atoms with Crippen molar-refractivity contribution in [2.75, 3.05) is 0 Å². The first-order chi connectivity index (χ1) is 15.4. The lowest BCUT2D eigenvalue weighted by Crippen LogP contribution is -2.11. The van der Waals surface area contributed by atoms with Crippen molar-refractivity contribution in [3.8, 4) is 0 Å². The van der Waals surface area contributed by atoms with E-state index in [4.69, 9.17) is 4.99 Å². The third-order valence-electron chi connectivity index (χ3n) is 5.51. The van der Waals surface area contributed by atoms with E-state index in [1.807, 2.05) is 12.1 Å². The minimum absolute atomic E-state index is 1.03. The van der Waals surface area contributed by atoms with Gasteiger partial charge in [-0.05, 0) is 35.9 Å². The fourth-order valence-corrected chi connectivity index (χ4v) is 8.19. The Hall–Kier alpha value is -3.62. The Balaban J connectivity index is 1.95. The average Bonchev–Trinajstić information content (AvgIpc) is 3.22. The molecule has 1 nitrogen and oxygen atoms in total. The smallest absolute Gasteiger partial charge is 0.0914 e. The Labute approximate surface area is 185 Å². The molecule has 0 unspecified atom stereocenters. The molecule has 4 aromatic rings. The van der Waals surface area contributed by atoms with Crippen LogP contribution in [0.25, 0.3) is 10.6 Å². The molecule has 0 spiro atoms. The fraction of sp³-hybridized carbons (Fsp3) is 0. The van der Waals surface area contributed by atoms with Crippen LogP contribution in [0, 0.1) is 0 Å². The second kappa shape index (κ2) is 8.25. The number of nitrogens with zero attached hydrogens (tertiary/aromatic N) is 1. The summed E-state index contributed by atoms with van der Waals surface area (Å²) < 4.78 is 0. The summed E-state index contributed by atoms with van der Waals surface area (Å²) in [6, 6.07) is 42.8. The van der Waals surface area contributed by atoms with Crippen LogP contribution in [0.3, 0.4) is 0 Å². The zero-order chi connectivity index (χ0) is 21.1. The molecule has 0 aromatic heterocycles. The van der Waals surface area contributed by atoms with Crippen molar-refractivity contribution < 1.29 is 0 Å². The normalized spacial score (nSPS) is 15.9. The van der Waals surface area contributed by atoms with Crippen LogP contribution in [0.4, 0.5) is 0 Å². The van der Waals surface area contributed by atoms with E-state index in [0.717, 1.165) is 16.3 Å². The first-order valence-corrected chi connectivity index (χ1v) is 12.0. The summed E-state index contributed by atoms with van der Waals surface area (Å²) in [7, 11) is -1.79. The van der Waals surface area contributed by atoms with E-state index in [0.29, 0.717) is 0 Å². The van der Waals surface area contributed by atoms with Crippen LogP contribution in [-0.2, 0) is 0 Å². The van der Waals surface area contributed by atoms with Crippen molar-refractivity contribution in [3.63, 3.8) is 0 Å². The van der Waals surface area contributed by atoms with Gasteiger partial charge in [0, 0.05) is 20.3 Å². The zero-order valence-corrected chi connectivity index (χ0v) is 18.0. The molecule has 0 atom stereocenters. The number of hydrogen-bond acceptors (Lipinski definition) is 1. The lowest BCUT2D eigenvalue weighted by molar-refractivity contribution is 1.38. The lowest BCUT2D eigenvalue weighted by Gasteiger charge is -2.40. The van der Waals surface area contributed by atoms with Gasteiger partial charge in [0.2, 0.25) is 0 Å². The van der Waals surface area contributed by atoms with Gasteiger partial charge in [0.15, 0.2) is 0 Å². The molecule has 0 fully saturated rings. The number of aliphatic imine (C=N–C) groups is 1. The summed E-state index contributed by atoms with van der Waals surface area (Å²) in [5.74, 6) is 0. The van der Waals surface area contributed by atoms with E-state index in [1.165, 1.54) is 20.3 Å². The Morgan fingerprint density at radius 1 is 0.548 bits per heavy atom. The molecule has 0 saturated carbocycles. The zero-order valence-electron chi connectivity index (χ0n) is 17.2. The fourth-order valence-electron chi connectivity index (χ4n) is 4.21. The van der Waals surface area contributed by atoms with E-state index in [1.54, 1.807) is 0 Å². The quantitative estimate of drug-likeness (QED) is 0.312. The average molecular weight is 418 g/mol. The van der Waals surface area contributed by atoms with Crippen LogP contribution >= 0.6 is 10.0 Å². The SMILES string of the molecule is C=CC1=NC(c2ccccc2)=C(c2ccccc2)S1(c1ccccc1)c1ccccc1. The molecule has 2 heteroatoms. The van der Waals surface area contributed by atoms with E-state index >= 15 is 0 Å². The molecule has 1 aliphatic rings. The van der Waals surface area contributed by atoms with Gasteiger partial charge in [-0.3, -0.25) is 0 Å². The minimum Gasteiger partial charge on any atom is -0.241 e. The molecule has 0 radical (unpaired) electrons. The first kappa shape index (κ1) is 19.3. The highest BCUT2D eigenvalue weighted by Gasteiger charge is 2.43. The Kier molecular flexibility index (Phi) is 5.15. The monoisotopic (exact) mass is 417 g/mol. The molecule has 0 saturated heterocycles. The highest BCUT2D eigenvalue weighted by Crippen LogP contribution is 2.76. The lowest BCUT2D eigenvalue weighted by atomic mass is 10.1. The van der Waals surface area contributed by atoms with Gasteiger partial charge in [0.05, 0.1) is 10.7 Å². The van der Waals surface area contributed by atoms with Gasteiger partial charge in [-0.2, -0.15) is 0 Å². The minimum atomic E-state index is -1.79. The summed E-state index contributed by atoms with van der Waals surface area (Å²) in [5, 5.41) is 1.03. The number of benzene rings is 4. The summed E-state index contributed by atoms with van der Waals surface area (Å²) in [6.07, 6.45) is 1.95. The molecule has 1 aliphatic heterocycles. The van der Waals surface area contributed by atoms with Crippen LogP contribution in [0.5, 0.6) is 0 Å². The van der Waals surface area contributed by atoms with Crippen molar-refractivity contribution >= 4 is 25.7 Å². The van der Waals surface area contributed by atoms with Crippen LogP contribution < -0.4 is 0 Å². The van der Waals surface area contributed by atoms with E-state index in [9.17, 15) is 0 Å². The summed E-state index contributed by atoms with van der Waals surface area (Å²) in [4.78, 5) is 9.06. The molecule has 1 heterocycles. The highest BCUT2D eigenvalue weighted by molar-refractivity contribution is 8.52. The van der Waals surface area contributed by atoms with Gasteiger partial charge in [0.25, 0.3) is 0 Å². The predicted octanol–water partition coefficient (Wildman–Crippen LogP) is 8.03. The Bertz CT molecular complexity index is 1220. The molecular formula is C29H23NS.